The summed E-state index contributed by atoms with van der Waals surface area (Å²) in [5, 5.41) is 12.0. The number of rotatable bonds is 7. The smallest absolute Gasteiger partial charge is 0.329 e. The molecule has 13 nitrogen and oxygen atoms in total. The van der Waals surface area contributed by atoms with Crippen molar-refractivity contribution < 1.29 is 57.6 Å². The Bertz CT molecular complexity index is 1570. The van der Waals surface area contributed by atoms with E-state index in [1.54, 1.807) is 26.8 Å². The summed E-state index contributed by atoms with van der Waals surface area (Å²) in [5.74, 6) is -8.80. The summed E-state index contributed by atoms with van der Waals surface area (Å²) in [4.78, 5) is 84.0. The number of piperidine rings is 1. The van der Waals surface area contributed by atoms with Gasteiger partial charge in [0.1, 0.15) is 35.9 Å². The minimum Gasteiger partial charge on any atom is -0.456 e. The SMILES string of the molecule is C=CC[C@@H]1/C=C(\C)C[C@H](C)C[C@H](OC)[C@H]2O[C@@](O)(C(=O)C(=O)N3CCCC[C@H]3C(=O)O[C@H](/C(C)=C/[C@@H]3CCC(=O)[C@H](OC)C3)[C@H](C)C(=O)CC1=O)[C@H](C)C[C@@H]2OC. The number of Topliss-reactive ketones (excluding diaryl/α,β-unsaturated/α-hetero) is 4. The third-order valence-electron chi connectivity index (χ3n) is 12.5. The number of hydrogen-bond donors (Lipinski definition) is 1. The van der Waals surface area contributed by atoms with Gasteiger partial charge in [0.25, 0.3) is 11.7 Å². The van der Waals surface area contributed by atoms with Crippen molar-refractivity contribution in [3.63, 3.8) is 0 Å². The number of fused-ring (bicyclic) bond motifs is 3. The number of carbonyl (C=O) groups is 6. The Balaban J connectivity index is 1.78. The van der Waals surface area contributed by atoms with E-state index in [1.165, 1.54) is 21.3 Å². The monoisotopic (exact) mass is 799 g/mol. The van der Waals surface area contributed by atoms with Crippen molar-refractivity contribution in [2.45, 2.75) is 148 Å². The molecule has 0 unspecified atom stereocenters. The van der Waals surface area contributed by atoms with Crippen LogP contribution in [0.3, 0.4) is 0 Å². The van der Waals surface area contributed by atoms with Crippen LogP contribution in [0, 0.1) is 29.6 Å². The lowest BCUT2D eigenvalue weighted by molar-refractivity contribution is -0.302. The minimum absolute atomic E-state index is 0.0124. The highest BCUT2D eigenvalue weighted by atomic mass is 16.7. The van der Waals surface area contributed by atoms with Crippen LogP contribution in [-0.4, -0.2) is 115 Å². The predicted molar refractivity (Wildman–Crippen MR) is 211 cm³/mol. The molecule has 0 aromatic carbocycles. The van der Waals surface area contributed by atoms with Gasteiger partial charge in [-0.15, -0.1) is 6.58 Å². The molecule has 1 N–H and O–H groups in total. The third kappa shape index (κ3) is 11.0. The minimum atomic E-state index is -2.53. The van der Waals surface area contributed by atoms with Crippen molar-refractivity contribution in [2.75, 3.05) is 27.9 Å². The van der Waals surface area contributed by atoms with E-state index in [9.17, 15) is 33.9 Å². The molecule has 0 radical (unpaired) electrons. The maximum Gasteiger partial charge on any atom is 0.329 e. The molecule has 57 heavy (non-hydrogen) atoms. The van der Waals surface area contributed by atoms with E-state index in [0.717, 1.165) is 10.5 Å². The molecule has 4 rings (SSSR count). The van der Waals surface area contributed by atoms with Crippen LogP contribution in [0.5, 0.6) is 0 Å². The lowest BCUT2D eigenvalue weighted by Gasteiger charge is -2.47. The largest absolute Gasteiger partial charge is 0.456 e. The molecule has 0 aromatic heterocycles. The molecule has 3 aliphatic heterocycles. The zero-order chi connectivity index (χ0) is 42.2. The number of hydrogen-bond acceptors (Lipinski definition) is 12. The first-order valence-electron chi connectivity index (χ1n) is 20.6. The first kappa shape index (κ1) is 46.3. The quantitative estimate of drug-likeness (QED) is 0.157. The Hall–Kier alpha value is -3.36. The van der Waals surface area contributed by atoms with Gasteiger partial charge in [-0.05, 0) is 89.0 Å². The highest BCUT2D eigenvalue weighted by Gasteiger charge is 2.56. The van der Waals surface area contributed by atoms with Crippen LogP contribution in [0.1, 0.15) is 105 Å². The lowest BCUT2D eigenvalue weighted by atomic mass is 9.82. The third-order valence-corrected chi connectivity index (χ3v) is 12.5. The van der Waals surface area contributed by atoms with Crippen molar-refractivity contribution in [1.29, 1.82) is 0 Å². The van der Waals surface area contributed by atoms with Gasteiger partial charge in [0.2, 0.25) is 5.79 Å². The molecular weight excluding hydrogens is 734 g/mol. The zero-order valence-corrected chi connectivity index (χ0v) is 35.2. The summed E-state index contributed by atoms with van der Waals surface area (Å²) < 4.78 is 29.5. The molecule has 318 valence electrons. The topological polar surface area (TPSA) is 172 Å². The van der Waals surface area contributed by atoms with Gasteiger partial charge in [-0.25, -0.2) is 4.79 Å². The Morgan fingerprint density at radius 3 is 2.28 bits per heavy atom. The van der Waals surface area contributed by atoms with E-state index in [4.69, 9.17) is 23.7 Å². The number of ether oxygens (including phenoxy) is 5. The van der Waals surface area contributed by atoms with E-state index in [-0.39, 0.29) is 42.8 Å². The van der Waals surface area contributed by atoms with Gasteiger partial charge >= 0.3 is 5.97 Å². The van der Waals surface area contributed by atoms with Gasteiger partial charge in [0.05, 0.1) is 24.5 Å². The normalized spacial score (nSPS) is 38.4. The number of methoxy groups -OCH3 is 3. The second-order valence-electron chi connectivity index (χ2n) is 16.9. The molecule has 0 spiro atoms. The molecule has 2 saturated heterocycles. The van der Waals surface area contributed by atoms with E-state index >= 15 is 0 Å². The number of esters is 1. The van der Waals surface area contributed by atoms with E-state index in [2.05, 4.69) is 6.58 Å². The number of ketones is 4. The number of aliphatic hydroxyl groups is 1. The number of amides is 1. The van der Waals surface area contributed by atoms with Crippen LogP contribution < -0.4 is 0 Å². The van der Waals surface area contributed by atoms with Crippen molar-refractivity contribution in [2.24, 2.45) is 29.6 Å². The fourth-order valence-corrected chi connectivity index (χ4v) is 9.13. The van der Waals surface area contributed by atoms with Gasteiger partial charge in [-0.3, -0.25) is 24.0 Å². The summed E-state index contributed by atoms with van der Waals surface area (Å²) in [7, 11) is 4.52. The maximum absolute atomic E-state index is 14.3. The van der Waals surface area contributed by atoms with Gasteiger partial charge in [0, 0.05) is 46.1 Å². The predicted octanol–water partition coefficient (Wildman–Crippen LogP) is 5.06. The molecule has 3 heterocycles. The Morgan fingerprint density at radius 1 is 0.947 bits per heavy atom. The van der Waals surface area contributed by atoms with Gasteiger partial charge in [-0.2, -0.15) is 0 Å². The Morgan fingerprint density at radius 2 is 1.63 bits per heavy atom. The average molecular weight is 800 g/mol. The fraction of sp³-hybridized carbons (Fsp3) is 0.727. The number of cyclic esters (lactones) is 1. The van der Waals surface area contributed by atoms with E-state index < -0.39 is 90.0 Å². The standard InChI is InChI=1S/C44H65NO12/c1-10-13-31-19-25(2)18-26(3)20-37(54-8)40-38(55-9)22-28(5)44(52,57-40)41(49)42(50)45-17-12-11-14-32(45)43(51)56-39(29(6)34(47)24-35(31)48)27(4)21-30-15-16-33(46)36(23-30)53-7/h10,19,21,26,28-32,36-40,52H,1,11-18,20,22-24H2,2-9H3/b25-19+,27-21+/t26-,28+,29+,30-,31+,32-,36+,37-,38-,39+,40+,44+/m0/s1. The van der Waals surface area contributed by atoms with Crippen molar-refractivity contribution in [3.8, 4) is 0 Å². The highest BCUT2D eigenvalue weighted by Crippen LogP contribution is 2.39. The number of nitrogens with zero attached hydrogens (tertiary/aromatic N) is 1. The summed E-state index contributed by atoms with van der Waals surface area (Å²) >= 11 is 0. The van der Waals surface area contributed by atoms with Crippen molar-refractivity contribution in [1.82, 2.24) is 4.90 Å². The Labute approximate surface area is 337 Å². The fourth-order valence-electron chi connectivity index (χ4n) is 9.13. The van der Waals surface area contributed by atoms with Gasteiger partial charge < -0.3 is 33.7 Å². The van der Waals surface area contributed by atoms with E-state index in [1.807, 2.05) is 26.0 Å². The van der Waals surface area contributed by atoms with Gasteiger partial charge in [0.15, 0.2) is 5.78 Å². The molecule has 1 saturated carbocycles. The molecule has 1 aliphatic carbocycles. The Kier molecular flexibility index (Phi) is 16.7. The van der Waals surface area contributed by atoms with Crippen molar-refractivity contribution >= 4 is 35.0 Å². The van der Waals surface area contributed by atoms with Crippen LogP contribution in [0.15, 0.2) is 36.0 Å². The first-order valence-corrected chi connectivity index (χ1v) is 20.6. The second kappa shape index (κ2) is 20.6. The number of carbonyl (C=O) groups excluding carboxylic acids is 6. The van der Waals surface area contributed by atoms with Crippen LogP contribution in [0.25, 0.3) is 0 Å². The molecular formula is C44H65NO12. The molecule has 13 heteroatoms. The molecule has 3 fully saturated rings. The summed E-state index contributed by atoms with van der Waals surface area (Å²) in [5.41, 5.74) is 1.48. The van der Waals surface area contributed by atoms with Crippen LogP contribution >= 0.6 is 0 Å². The summed E-state index contributed by atoms with van der Waals surface area (Å²) in [6, 6.07) is -1.18. The maximum atomic E-state index is 14.3. The second-order valence-corrected chi connectivity index (χ2v) is 16.9. The summed E-state index contributed by atoms with van der Waals surface area (Å²) in [6.07, 6.45) is 5.32. The molecule has 1 amide bonds. The number of allylic oxidation sites excluding steroid dienone is 4. The molecule has 2 bridgehead atoms. The van der Waals surface area contributed by atoms with Crippen LogP contribution in [0.2, 0.25) is 0 Å². The van der Waals surface area contributed by atoms with Crippen LogP contribution in [-0.2, 0) is 52.5 Å². The zero-order valence-electron chi connectivity index (χ0n) is 35.2. The molecule has 0 aromatic rings. The van der Waals surface area contributed by atoms with Crippen LogP contribution in [0.4, 0.5) is 0 Å². The summed E-state index contributed by atoms with van der Waals surface area (Å²) in [6.45, 7) is 12.8. The van der Waals surface area contributed by atoms with E-state index in [0.29, 0.717) is 56.9 Å². The first-order chi connectivity index (χ1) is 27.0. The van der Waals surface area contributed by atoms with Crippen molar-refractivity contribution in [3.05, 3.63) is 36.0 Å². The highest BCUT2D eigenvalue weighted by molar-refractivity contribution is 6.39. The molecule has 4 aliphatic rings. The van der Waals surface area contributed by atoms with Gasteiger partial charge in [-0.1, -0.05) is 44.6 Å². The lowest BCUT2D eigenvalue weighted by Crippen LogP contribution is -2.64. The average Bonchev–Trinajstić information content (AvgIpc) is 3.18. The molecule has 12 atom stereocenters.